The molecule has 0 saturated carbocycles. The van der Waals surface area contributed by atoms with E-state index in [4.69, 9.17) is 10.5 Å². The molecule has 0 fully saturated rings. The molecule has 5 heteroatoms. The molecule has 0 heterocycles. The molecule has 4 nitrogen and oxygen atoms in total. The topological polar surface area (TPSA) is 72.6 Å². The van der Waals surface area contributed by atoms with Gasteiger partial charge in [-0.15, -0.1) is 0 Å². The molecule has 98 valence electrons. The molecule has 0 radical (unpaired) electrons. The number of esters is 1. The Balaban J connectivity index is 2.05. The lowest BCUT2D eigenvalue weighted by molar-refractivity contribution is 0.0467. The Morgan fingerprint density at radius 1 is 1.26 bits per heavy atom. The van der Waals surface area contributed by atoms with E-state index in [9.17, 15) is 14.3 Å². The van der Waals surface area contributed by atoms with E-state index in [0.29, 0.717) is 5.56 Å². The van der Waals surface area contributed by atoms with E-state index in [-0.39, 0.29) is 23.6 Å². The van der Waals surface area contributed by atoms with Crippen molar-refractivity contribution in [3.63, 3.8) is 0 Å². The fourth-order valence-electron chi connectivity index (χ4n) is 1.57. The monoisotopic (exact) mass is 261 g/mol. The zero-order valence-electron chi connectivity index (χ0n) is 9.97. The third kappa shape index (κ3) is 3.22. The van der Waals surface area contributed by atoms with Gasteiger partial charge in [0.25, 0.3) is 0 Å². The lowest BCUT2D eigenvalue weighted by Crippen LogP contribution is -2.08. The highest BCUT2D eigenvalue weighted by atomic mass is 19.1. The summed E-state index contributed by atoms with van der Waals surface area (Å²) in [6.07, 6.45) is 0. The van der Waals surface area contributed by atoms with E-state index in [0.717, 1.165) is 6.07 Å². The number of carbonyl (C=O) groups excluding carboxylic acids is 1. The number of ether oxygens (including phenoxy) is 1. The molecule has 0 saturated heterocycles. The number of phenols is 1. The van der Waals surface area contributed by atoms with Crippen molar-refractivity contribution in [3.8, 4) is 5.75 Å². The van der Waals surface area contributed by atoms with Gasteiger partial charge in [-0.25, -0.2) is 9.18 Å². The number of benzene rings is 2. The van der Waals surface area contributed by atoms with Crippen LogP contribution in [0.1, 0.15) is 15.9 Å². The number of nitrogen functional groups attached to an aromatic ring is 1. The SMILES string of the molecule is Nc1ccc(C(=O)OCc2cccc(O)c2)c(F)c1. The van der Waals surface area contributed by atoms with Crippen molar-refractivity contribution in [2.24, 2.45) is 0 Å². The summed E-state index contributed by atoms with van der Waals surface area (Å²) >= 11 is 0. The Kier molecular flexibility index (Phi) is 3.66. The fourth-order valence-corrected chi connectivity index (χ4v) is 1.57. The van der Waals surface area contributed by atoms with Crippen LogP contribution in [-0.2, 0) is 11.3 Å². The number of hydrogen-bond acceptors (Lipinski definition) is 4. The first-order valence-electron chi connectivity index (χ1n) is 5.56. The van der Waals surface area contributed by atoms with Crippen LogP contribution in [-0.4, -0.2) is 11.1 Å². The van der Waals surface area contributed by atoms with Gasteiger partial charge in [0, 0.05) is 5.69 Å². The number of carbonyl (C=O) groups is 1. The fraction of sp³-hybridized carbons (Fsp3) is 0.0714. The molecule has 0 spiro atoms. The summed E-state index contributed by atoms with van der Waals surface area (Å²) in [7, 11) is 0. The lowest BCUT2D eigenvalue weighted by atomic mass is 10.2. The third-order valence-electron chi connectivity index (χ3n) is 2.49. The maximum absolute atomic E-state index is 13.5. The summed E-state index contributed by atoms with van der Waals surface area (Å²) in [5, 5.41) is 9.26. The molecule has 19 heavy (non-hydrogen) atoms. The van der Waals surface area contributed by atoms with E-state index >= 15 is 0 Å². The molecular formula is C14H12FNO3. The first-order valence-corrected chi connectivity index (χ1v) is 5.56. The van der Waals surface area contributed by atoms with Crippen LogP contribution in [0.15, 0.2) is 42.5 Å². The largest absolute Gasteiger partial charge is 0.508 e. The highest BCUT2D eigenvalue weighted by Crippen LogP contribution is 2.15. The Bertz CT molecular complexity index is 613. The molecule has 0 amide bonds. The second kappa shape index (κ2) is 5.39. The number of aromatic hydroxyl groups is 1. The van der Waals surface area contributed by atoms with E-state index in [2.05, 4.69) is 0 Å². The van der Waals surface area contributed by atoms with Crippen molar-refractivity contribution < 1.29 is 19.0 Å². The molecule has 0 aliphatic heterocycles. The van der Waals surface area contributed by atoms with E-state index in [1.54, 1.807) is 12.1 Å². The van der Waals surface area contributed by atoms with Gasteiger partial charge in [-0.1, -0.05) is 12.1 Å². The molecular weight excluding hydrogens is 249 g/mol. The van der Waals surface area contributed by atoms with Crippen molar-refractivity contribution in [2.75, 3.05) is 5.73 Å². The zero-order chi connectivity index (χ0) is 13.8. The molecule has 0 aliphatic rings. The number of phenolic OH excluding ortho intramolecular Hbond substituents is 1. The second-order valence-corrected chi connectivity index (χ2v) is 3.99. The van der Waals surface area contributed by atoms with E-state index in [1.165, 1.54) is 24.3 Å². The maximum atomic E-state index is 13.5. The van der Waals surface area contributed by atoms with Crippen molar-refractivity contribution in [1.82, 2.24) is 0 Å². The van der Waals surface area contributed by atoms with Gasteiger partial charge in [0.05, 0.1) is 5.56 Å². The van der Waals surface area contributed by atoms with Gasteiger partial charge in [-0.2, -0.15) is 0 Å². The highest BCUT2D eigenvalue weighted by Gasteiger charge is 2.13. The van der Waals surface area contributed by atoms with Gasteiger partial charge in [0.1, 0.15) is 18.2 Å². The Hall–Kier alpha value is -2.56. The van der Waals surface area contributed by atoms with Crippen molar-refractivity contribution in [1.29, 1.82) is 0 Å². The zero-order valence-corrected chi connectivity index (χ0v) is 9.97. The van der Waals surface area contributed by atoms with Gasteiger partial charge in [0.2, 0.25) is 0 Å². The highest BCUT2D eigenvalue weighted by molar-refractivity contribution is 5.90. The second-order valence-electron chi connectivity index (χ2n) is 3.99. The quantitative estimate of drug-likeness (QED) is 0.657. The van der Waals surface area contributed by atoms with Crippen molar-refractivity contribution >= 4 is 11.7 Å². The van der Waals surface area contributed by atoms with Crippen LogP contribution in [0.5, 0.6) is 5.75 Å². The van der Waals surface area contributed by atoms with Crippen LogP contribution in [0.25, 0.3) is 0 Å². The predicted molar refractivity (Wildman–Crippen MR) is 68.0 cm³/mol. The lowest BCUT2D eigenvalue weighted by Gasteiger charge is -2.06. The Morgan fingerprint density at radius 2 is 2.05 bits per heavy atom. The van der Waals surface area contributed by atoms with Gasteiger partial charge in [-0.05, 0) is 35.9 Å². The number of anilines is 1. The summed E-state index contributed by atoms with van der Waals surface area (Å²) in [6, 6.07) is 10.0. The molecule has 0 unspecified atom stereocenters. The van der Waals surface area contributed by atoms with Crippen LogP contribution >= 0.6 is 0 Å². The van der Waals surface area contributed by atoms with Crippen LogP contribution in [0.4, 0.5) is 10.1 Å². The van der Waals surface area contributed by atoms with Gasteiger partial charge in [-0.3, -0.25) is 0 Å². The summed E-state index contributed by atoms with van der Waals surface area (Å²) in [5.41, 5.74) is 6.07. The number of rotatable bonds is 3. The third-order valence-corrected chi connectivity index (χ3v) is 2.49. The molecule has 2 aromatic carbocycles. The molecule has 3 N–H and O–H groups in total. The van der Waals surface area contributed by atoms with Crippen LogP contribution in [0.2, 0.25) is 0 Å². The predicted octanol–water partition coefficient (Wildman–Crippen LogP) is 2.47. The molecule has 0 aliphatic carbocycles. The summed E-state index contributed by atoms with van der Waals surface area (Å²) in [4.78, 5) is 11.7. The normalized spacial score (nSPS) is 10.2. The van der Waals surface area contributed by atoms with Gasteiger partial charge >= 0.3 is 5.97 Å². The van der Waals surface area contributed by atoms with Crippen LogP contribution in [0.3, 0.4) is 0 Å². The number of halogens is 1. The molecule has 0 atom stereocenters. The van der Waals surface area contributed by atoms with Gasteiger partial charge in [0.15, 0.2) is 0 Å². The molecule has 0 bridgehead atoms. The molecule has 2 aromatic rings. The Morgan fingerprint density at radius 3 is 2.74 bits per heavy atom. The van der Waals surface area contributed by atoms with E-state index in [1.807, 2.05) is 0 Å². The summed E-state index contributed by atoms with van der Waals surface area (Å²) in [6.45, 7) is -0.0446. The van der Waals surface area contributed by atoms with Gasteiger partial charge < -0.3 is 15.6 Å². The first-order chi connectivity index (χ1) is 9.06. The van der Waals surface area contributed by atoms with Crippen molar-refractivity contribution in [3.05, 3.63) is 59.4 Å². The minimum absolute atomic E-state index is 0.0446. The van der Waals surface area contributed by atoms with Crippen molar-refractivity contribution in [2.45, 2.75) is 6.61 Å². The standard InChI is InChI=1S/C14H12FNO3/c15-13-7-10(16)4-5-12(13)14(18)19-8-9-2-1-3-11(17)6-9/h1-7,17H,8,16H2. The average molecular weight is 261 g/mol. The smallest absolute Gasteiger partial charge is 0.341 e. The minimum atomic E-state index is -0.777. The Labute approximate surface area is 109 Å². The number of hydrogen-bond donors (Lipinski definition) is 2. The molecule has 0 aromatic heterocycles. The van der Waals surface area contributed by atoms with Crippen LogP contribution in [0, 0.1) is 5.82 Å². The first kappa shape index (κ1) is 12.9. The number of nitrogens with two attached hydrogens (primary N) is 1. The maximum Gasteiger partial charge on any atom is 0.341 e. The summed E-state index contributed by atoms with van der Waals surface area (Å²) in [5.74, 6) is -1.42. The average Bonchev–Trinajstić information content (AvgIpc) is 2.36. The van der Waals surface area contributed by atoms with Crippen LogP contribution < -0.4 is 5.73 Å². The summed E-state index contributed by atoms with van der Waals surface area (Å²) < 4.78 is 18.4. The van der Waals surface area contributed by atoms with E-state index < -0.39 is 11.8 Å². The minimum Gasteiger partial charge on any atom is -0.508 e. The molecule has 2 rings (SSSR count).